The number of carboxylic acids is 1. The van der Waals surface area contributed by atoms with E-state index in [1.165, 1.54) is 0 Å². The fourth-order valence-corrected chi connectivity index (χ4v) is 2.58. The summed E-state index contributed by atoms with van der Waals surface area (Å²) in [6.07, 6.45) is 2.02. The molecule has 18 heavy (non-hydrogen) atoms. The maximum Gasteiger partial charge on any atom is 0.314 e. The molecule has 0 amide bonds. The van der Waals surface area contributed by atoms with E-state index in [0.717, 1.165) is 6.07 Å². The Morgan fingerprint density at radius 3 is 2.06 bits per heavy atom. The fraction of sp³-hybridized carbons (Fsp3) is 0.417. The first-order chi connectivity index (χ1) is 8.40. The molecular formula is C12H14O6. The summed E-state index contributed by atoms with van der Waals surface area (Å²) in [5.41, 5.74) is -1.37. The Bertz CT molecular complexity index is 502. The van der Waals surface area contributed by atoms with Crippen molar-refractivity contribution in [3.8, 4) is 23.0 Å². The van der Waals surface area contributed by atoms with E-state index in [-0.39, 0.29) is 5.56 Å². The van der Waals surface area contributed by atoms with Gasteiger partial charge in [-0.2, -0.15) is 0 Å². The van der Waals surface area contributed by atoms with Crippen LogP contribution >= 0.6 is 0 Å². The quantitative estimate of drug-likeness (QED) is 0.402. The molecule has 0 atom stereocenters. The van der Waals surface area contributed by atoms with Crippen LogP contribution in [0.5, 0.6) is 23.0 Å². The van der Waals surface area contributed by atoms with E-state index in [9.17, 15) is 30.3 Å². The Labute approximate surface area is 103 Å². The molecule has 1 saturated carbocycles. The molecule has 6 heteroatoms. The minimum Gasteiger partial charge on any atom is -0.504 e. The monoisotopic (exact) mass is 254 g/mol. The van der Waals surface area contributed by atoms with Crippen molar-refractivity contribution in [1.82, 2.24) is 0 Å². The van der Waals surface area contributed by atoms with Crippen LogP contribution in [0.15, 0.2) is 6.07 Å². The van der Waals surface area contributed by atoms with E-state index in [1.54, 1.807) is 0 Å². The second kappa shape index (κ2) is 3.97. The Balaban J connectivity index is 2.67. The van der Waals surface area contributed by atoms with E-state index >= 15 is 0 Å². The third kappa shape index (κ3) is 1.53. The maximum atomic E-state index is 11.4. The number of carboxylic acid groups (broad SMARTS) is 1. The first kappa shape index (κ1) is 12.3. The molecule has 98 valence electrons. The zero-order valence-electron chi connectivity index (χ0n) is 9.55. The Morgan fingerprint density at radius 2 is 1.56 bits per heavy atom. The minimum atomic E-state index is -1.31. The third-order valence-electron chi connectivity index (χ3n) is 3.61. The number of aliphatic carboxylic acids is 1. The topological polar surface area (TPSA) is 118 Å². The van der Waals surface area contributed by atoms with Gasteiger partial charge in [-0.25, -0.2) is 0 Å². The predicted octanol–water partition coefficient (Wildman–Crippen LogP) is 1.41. The second-order valence-corrected chi connectivity index (χ2v) is 4.58. The molecule has 2 rings (SSSR count). The van der Waals surface area contributed by atoms with E-state index in [2.05, 4.69) is 0 Å². The molecule has 0 bridgehead atoms. The van der Waals surface area contributed by atoms with Crippen molar-refractivity contribution in [3.63, 3.8) is 0 Å². The van der Waals surface area contributed by atoms with Gasteiger partial charge in [-0.15, -0.1) is 0 Å². The van der Waals surface area contributed by atoms with E-state index < -0.39 is 34.4 Å². The Morgan fingerprint density at radius 1 is 1.00 bits per heavy atom. The van der Waals surface area contributed by atoms with Crippen LogP contribution in [0.4, 0.5) is 0 Å². The lowest BCUT2D eigenvalue weighted by Gasteiger charge is -2.25. The lowest BCUT2D eigenvalue weighted by Crippen LogP contribution is -2.32. The highest BCUT2D eigenvalue weighted by atomic mass is 16.4. The number of benzene rings is 1. The van der Waals surface area contributed by atoms with Crippen molar-refractivity contribution in [2.24, 2.45) is 0 Å². The van der Waals surface area contributed by atoms with Gasteiger partial charge in [0.05, 0.1) is 5.41 Å². The molecule has 0 radical (unpaired) electrons. The number of aromatic hydroxyl groups is 4. The lowest BCUT2D eigenvalue weighted by molar-refractivity contribution is -0.143. The van der Waals surface area contributed by atoms with Crippen molar-refractivity contribution in [2.45, 2.75) is 31.1 Å². The van der Waals surface area contributed by atoms with Crippen molar-refractivity contribution in [3.05, 3.63) is 11.6 Å². The van der Waals surface area contributed by atoms with Crippen LogP contribution in [0.2, 0.25) is 0 Å². The van der Waals surface area contributed by atoms with Gasteiger partial charge in [0.2, 0.25) is 11.5 Å². The summed E-state index contributed by atoms with van der Waals surface area (Å²) in [5, 5.41) is 47.3. The van der Waals surface area contributed by atoms with Crippen LogP contribution in [0.25, 0.3) is 0 Å². The molecule has 0 aliphatic heterocycles. The smallest absolute Gasteiger partial charge is 0.314 e. The van der Waals surface area contributed by atoms with Gasteiger partial charge in [-0.05, 0) is 18.9 Å². The highest BCUT2D eigenvalue weighted by Crippen LogP contribution is 2.52. The SMILES string of the molecule is O=C(O)C1(c2cc(O)c(O)c(O)c2O)CCCC1. The molecule has 0 heterocycles. The fourth-order valence-electron chi connectivity index (χ4n) is 2.58. The number of phenolic OH excluding ortho intramolecular Hbond substituents is 4. The Kier molecular flexibility index (Phi) is 2.73. The standard InChI is InChI=1S/C12H14O6/c13-7-5-6(8(14)10(16)9(7)15)12(11(17)18)3-1-2-4-12/h5,13-16H,1-4H2,(H,17,18). The highest BCUT2D eigenvalue weighted by molar-refractivity contribution is 5.84. The molecule has 0 saturated heterocycles. The molecule has 1 aromatic carbocycles. The molecule has 1 fully saturated rings. The average Bonchev–Trinajstić information content (AvgIpc) is 2.81. The summed E-state index contributed by atoms with van der Waals surface area (Å²) in [4.78, 5) is 11.4. The number of carbonyl (C=O) groups is 1. The summed E-state index contributed by atoms with van der Waals surface area (Å²) in [6, 6.07) is 1.00. The maximum absolute atomic E-state index is 11.4. The van der Waals surface area contributed by atoms with Crippen LogP contribution in [0.1, 0.15) is 31.2 Å². The second-order valence-electron chi connectivity index (χ2n) is 4.58. The van der Waals surface area contributed by atoms with Crippen LogP contribution in [-0.4, -0.2) is 31.5 Å². The molecule has 1 aromatic rings. The predicted molar refractivity (Wildman–Crippen MR) is 60.9 cm³/mol. The van der Waals surface area contributed by atoms with E-state index in [1.807, 2.05) is 0 Å². The zero-order chi connectivity index (χ0) is 13.5. The largest absolute Gasteiger partial charge is 0.504 e. The molecule has 1 aliphatic carbocycles. The Hall–Kier alpha value is -2.11. The summed E-state index contributed by atoms with van der Waals surface area (Å²) in [6.45, 7) is 0. The summed E-state index contributed by atoms with van der Waals surface area (Å²) in [7, 11) is 0. The van der Waals surface area contributed by atoms with Crippen molar-refractivity contribution in [1.29, 1.82) is 0 Å². The first-order valence-electron chi connectivity index (χ1n) is 5.61. The lowest BCUT2D eigenvalue weighted by atomic mass is 9.78. The highest BCUT2D eigenvalue weighted by Gasteiger charge is 2.46. The van der Waals surface area contributed by atoms with E-state index in [4.69, 9.17) is 0 Å². The van der Waals surface area contributed by atoms with Crippen LogP contribution < -0.4 is 0 Å². The van der Waals surface area contributed by atoms with Crippen molar-refractivity contribution < 1.29 is 30.3 Å². The van der Waals surface area contributed by atoms with Gasteiger partial charge in [-0.1, -0.05) is 12.8 Å². The first-order valence-corrected chi connectivity index (χ1v) is 5.61. The molecule has 0 spiro atoms. The van der Waals surface area contributed by atoms with Gasteiger partial charge in [-0.3, -0.25) is 4.79 Å². The molecular weight excluding hydrogens is 240 g/mol. The minimum absolute atomic E-state index is 0.0553. The van der Waals surface area contributed by atoms with Crippen LogP contribution in [0.3, 0.4) is 0 Å². The van der Waals surface area contributed by atoms with E-state index in [0.29, 0.717) is 25.7 Å². The summed E-state index contributed by atoms with van der Waals surface area (Å²) >= 11 is 0. The normalized spacial score (nSPS) is 17.8. The summed E-state index contributed by atoms with van der Waals surface area (Å²) < 4.78 is 0. The van der Waals surface area contributed by atoms with Gasteiger partial charge in [0, 0.05) is 5.56 Å². The van der Waals surface area contributed by atoms with Gasteiger partial charge in [0.25, 0.3) is 0 Å². The van der Waals surface area contributed by atoms with Gasteiger partial charge in [0.1, 0.15) is 0 Å². The van der Waals surface area contributed by atoms with Gasteiger partial charge < -0.3 is 25.5 Å². The number of hydrogen-bond donors (Lipinski definition) is 5. The zero-order valence-corrected chi connectivity index (χ0v) is 9.55. The molecule has 6 nitrogen and oxygen atoms in total. The van der Waals surface area contributed by atoms with Crippen molar-refractivity contribution >= 4 is 5.97 Å². The number of hydrogen-bond acceptors (Lipinski definition) is 5. The van der Waals surface area contributed by atoms with Crippen LogP contribution in [0, 0.1) is 0 Å². The molecule has 0 aromatic heterocycles. The van der Waals surface area contributed by atoms with Crippen LogP contribution in [-0.2, 0) is 10.2 Å². The number of rotatable bonds is 2. The molecule has 1 aliphatic rings. The number of phenols is 4. The molecule has 5 N–H and O–H groups in total. The summed E-state index contributed by atoms with van der Waals surface area (Å²) in [5.74, 6) is -4.19. The molecule has 0 unspecified atom stereocenters. The van der Waals surface area contributed by atoms with Gasteiger partial charge >= 0.3 is 5.97 Å². The van der Waals surface area contributed by atoms with Gasteiger partial charge in [0.15, 0.2) is 11.5 Å². The third-order valence-corrected chi connectivity index (χ3v) is 3.61. The average molecular weight is 254 g/mol. The van der Waals surface area contributed by atoms with Crippen molar-refractivity contribution in [2.75, 3.05) is 0 Å².